The van der Waals surface area contributed by atoms with Crippen molar-refractivity contribution in [3.8, 4) is 0 Å². The van der Waals surface area contributed by atoms with Crippen molar-refractivity contribution in [2.24, 2.45) is 0 Å². The van der Waals surface area contributed by atoms with Crippen LogP contribution in [-0.4, -0.2) is 41.6 Å². The van der Waals surface area contributed by atoms with E-state index in [9.17, 15) is 18.0 Å². The standard InChI is InChI=1S/C7H12F3NO3/c8-7(9,10)5(13)4-11-6(14)2-1-3-12/h5,12-13H,1-4H2,(H,11,14). The topological polar surface area (TPSA) is 69.6 Å². The van der Waals surface area contributed by atoms with Gasteiger partial charge in [-0.05, 0) is 6.42 Å². The Bertz CT molecular complexity index is 184. The summed E-state index contributed by atoms with van der Waals surface area (Å²) in [7, 11) is 0. The van der Waals surface area contributed by atoms with Crippen LogP contribution in [0, 0.1) is 0 Å². The number of halogens is 3. The molecule has 0 spiro atoms. The number of hydrogen-bond acceptors (Lipinski definition) is 3. The van der Waals surface area contributed by atoms with E-state index in [2.05, 4.69) is 0 Å². The van der Waals surface area contributed by atoms with Crippen molar-refractivity contribution in [2.75, 3.05) is 13.2 Å². The van der Waals surface area contributed by atoms with Crippen molar-refractivity contribution in [1.82, 2.24) is 5.32 Å². The maximum atomic E-state index is 11.7. The summed E-state index contributed by atoms with van der Waals surface area (Å²) in [4.78, 5) is 10.7. The van der Waals surface area contributed by atoms with Gasteiger partial charge in [-0.3, -0.25) is 4.79 Å². The van der Waals surface area contributed by atoms with E-state index < -0.39 is 24.7 Å². The summed E-state index contributed by atoms with van der Waals surface area (Å²) < 4.78 is 35.1. The number of amides is 1. The minimum atomic E-state index is -4.72. The van der Waals surface area contributed by atoms with Crippen molar-refractivity contribution in [2.45, 2.75) is 25.1 Å². The zero-order valence-corrected chi connectivity index (χ0v) is 7.34. The Morgan fingerprint density at radius 1 is 1.43 bits per heavy atom. The molecule has 0 aliphatic heterocycles. The Labute approximate surface area is 78.7 Å². The van der Waals surface area contributed by atoms with E-state index in [1.54, 1.807) is 0 Å². The molecule has 0 aromatic heterocycles. The van der Waals surface area contributed by atoms with Gasteiger partial charge in [0.2, 0.25) is 5.91 Å². The highest BCUT2D eigenvalue weighted by Gasteiger charge is 2.38. The molecule has 0 radical (unpaired) electrons. The van der Waals surface area contributed by atoms with Gasteiger partial charge >= 0.3 is 6.18 Å². The quantitative estimate of drug-likeness (QED) is 0.594. The molecule has 0 aliphatic rings. The first-order chi connectivity index (χ1) is 6.38. The summed E-state index contributed by atoms with van der Waals surface area (Å²) >= 11 is 0. The molecule has 0 fully saturated rings. The average molecular weight is 215 g/mol. The number of aliphatic hydroxyl groups excluding tert-OH is 2. The number of carbonyl (C=O) groups is 1. The highest BCUT2D eigenvalue weighted by atomic mass is 19.4. The number of aliphatic hydroxyl groups is 2. The molecule has 3 N–H and O–H groups in total. The molecule has 14 heavy (non-hydrogen) atoms. The van der Waals surface area contributed by atoms with Gasteiger partial charge in [-0.1, -0.05) is 0 Å². The molecule has 0 saturated heterocycles. The Hall–Kier alpha value is -0.820. The fourth-order valence-corrected chi connectivity index (χ4v) is 0.654. The third-order valence-electron chi connectivity index (χ3n) is 1.43. The molecular weight excluding hydrogens is 203 g/mol. The van der Waals surface area contributed by atoms with E-state index in [1.807, 2.05) is 5.32 Å². The summed E-state index contributed by atoms with van der Waals surface area (Å²) in [6, 6.07) is 0. The van der Waals surface area contributed by atoms with Gasteiger partial charge in [0.15, 0.2) is 6.10 Å². The van der Waals surface area contributed by atoms with Gasteiger partial charge in [-0.15, -0.1) is 0 Å². The van der Waals surface area contributed by atoms with E-state index in [0.29, 0.717) is 0 Å². The lowest BCUT2D eigenvalue weighted by atomic mass is 10.3. The van der Waals surface area contributed by atoms with Crippen molar-refractivity contribution in [1.29, 1.82) is 0 Å². The van der Waals surface area contributed by atoms with Crippen molar-refractivity contribution in [3.05, 3.63) is 0 Å². The average Bonchev–Trinajstić information content (AvgIpc) is 2.09. The number of nitrogens with one attached hydrogen (secondary N) is 1. The zero-order valence-electron chi connectivity index (χ0n) is 7.34. The third-order valence-corrected chi connectivity index (χ3v) is 1.43. The number of carbonyl (C=O) groups excluding carboxylic acids is 1. The van der Waals surface area contributed by atoms with Crippen LogP contribution in [0.4, 0.5) is 13.2 Å². The van der Waals surface area contributed by atoms with E-state index in [4.69, 9.17) is 10.2 Å². The van der Waals surface area contributed by atoms with Crippen LogP contribution in [0.2, 0.25) is 0 Å². The first kappa shape index (κ1) is 13.2. The second-order valence-electron chi connectivity index (χ2n) is 2.69. The smallest absolute Gasteiger partial charge is 0.396 e. The molecule has 0 bridgehead atoms. The molecular formula is C7H12F3NO3. The highest BCUT2D eigenvalue weighted by Crippen LogP contribution is 2.19. The predicted octanol–water partition coefficient (Wildman–Crippen LogP) is -0.202. The SMILES string of the molecule is O=C(CCCO)NCC(O)C(F)(F)F. The van der Waals surface area contributed by atoms with Gasteiger partial charge < -0.3 is 15.5 Å². The first-order valence-corrected chi connectivity index (χ1v) is 4.00. The molecule has 0 aromatic carbocycles. The monoisotopic (exact) mass is 215 g/mol. The predicted molar refractivity (Wildman–Crippen MR) is 41.4 cm³/mol. The van der Waals surface area contributed by atoms with Gasteiger partial charge in [0.1, 0.15) is 0 Å². The van der Waals surface area contributed by atoms with Crippen molar-refractivity contribution in [3.63, 3.8) is 0 Å². The Morgan fingerprint density at radius 2 is 2.00 bits per heavy atom. The van der Waals surface area contributed by atoms with Gasteiger partial charge in [0.25, 0.3) is 0 Å². The Balaban J connectivity index is 3.67. The summed E-state index contributed by atoms with van der Waals surface area (Å²) in [6.07, 6.45) is -7.13. The van der Waals surface area contributed by atoms with Gasteiger partial charge in [0.05, 0.1) is 6.54 Å². The summed E-state index contributed by atoms with van der Waals surface area (Å²) in [6.45, 7) is -1.05. The van der Waals surface area contributed by atoms with E-state index in [0.717, 1.165) is 0 Å². The largest absolute Gasteiger partial charge is 0.416 e. The minimum absolute atomic E-state index is 0.0545. The first-order valence-electron chi connectivity index (χ1n) is 4.00. The minimum Gasteiger partial charge on any atom is -0.396 e. The molecule has 0 aliphatic carbocycles. The molecule has 84 valence electrons. The van der Waals surface area contributed by atoms with E-state index in [-0.39, 0.29) is 19.4 Å². The fraction of sp³-hybridized carbons (Fsp3) is 0.857. The lowest BCUT2D eigenvalue weighted by Gasteiger charge is -2.14. The van der Waals surface area contributed by atoms with Crippen LogP contribution in [0.3, 0.4) is 0 Å². The van der Waals surface area contributed by atoms with Crippen LogP contribution < -0.4 is 5.32 Å². The molecule has 1 amide bonds. The molecule has 7 heteroatoms. The normalized spacial score (nSPS) is 13.8. The zero-order chi connectivity index (χ0) is 11.2. The van der Waals surface area contributed by atoms with E-state index >= 15 is 0 Å². The lowest BCUT2D eigenvalue weighted by Crippen LogP contribution is -2.40. The maximum Gasteiger partial charge on any atom is 0.416 e. The van der Waals surface area contributed by atoms with Crippen LogP contribution in [0.25, 0.3) is 0 Å². The molecule has 0 aromatic rings. The van der Waals surface area contributed by atoms with Crippen molar-refractivity contribution >= 4 is 5.91 Å². The summed E-state index contributed by atoms with van der Waals surface area (Å²) in [5, 5.41) is 18.7. The van der Waals surface area contributed by atoms with Crippen LogP contribution in [0.5, 0.6) is 0 Å². The summed E-state index contributed by atoms with van der Waals surface area (Å²) in [5.74, 6) is -0.623. The molecule has 1 unspecified atom stereocenters. The van der Waals surface area contributed by atoms with E-state index in [1.165, 1.54) is 0 Å². The van der Waals surface area contributed by atoms with Crippen LogP contribution in [0.15, 0.2) is 0 Å². The second-order valence-corrected chi connectivity index (χ2v) is 2.69. The van der Waals surface area contributed by atoms with Gasteiger partial charge in [-0.2, -0.15) is 13.2 Å². The van der Waals surface area contributed by atoms with Crippen molar-refractivity contribution < 1.29 is 28.2 Å². The lowest BCUT2D eigenvalue weighted by molar-refractivity contribution is -0.201. The molecule has 1 atom stereocenters. The van der Waals surface area contributed by atoms with Crippen LogP contribution in [-0.2, 0) is 4.79 Å². The van der Waals surface area contributed by atoms with Gasteiger partial charge in [-0.25, -0.2) is 0 Å². The highest BCUT2D eigenvalue weighted by molar-refractivity contribution is 5.75. The van der Waals surface area contributed by atoms with Gasteiger partial charge in [0, 0.05) is 13.0 Å². The molecule has 0 saturated carbocycles. The fourth-order valence-electron chi connectivity index (χ4n) is 0.654. The second kappa shape index (κ2) is 5.82. The summed E-state index contributed by atoms with van der Waals surface area (Å²) in [5.41, 5.74) is 0. The molecule has 0 heterocycles. The molecule has 4 nitrogen and oxygen atoms in total. The maximum absolute atomic E-state index is 11.7. The number of alkyl halides is 3. The Morgan fingerprint density at radius 3 is 2.43 bits per heavy atom. The number of rotatable bonds is 5. The number of hydrogen-bond donors (Lipinski definition) is 3. The third kappa shape index (κ3) is 5.76. The Kier molecular flexibility index (Phi) is 5.47. The van der Waals surface area contributed by atoms with Crippen LogP contribution in [0.1, 0.15) is 12.8 Å². The molecule has 0 rings (SSSR count). The van der Waals surface area contributed by atoms with Crippen LogP contribution >= 0.6 is 0 Å².